The van der Waals surface area contributed by atoms with Crippen molar-refractivity contribution >= 4 is 0 Å². The maximum absolute atomic E-state index is 5.68. The van der Waals surface area contributed by atoms with Crippen molar-refractivity contribution in [1.82, 2.24) is 4.90 Å². The zero-order chi connectivity index (χ0) is 14.3. The molecular formula is C16H30N2O. The van der Waals surface area contributed by atoms with Crippen LogP contribution in [-0.4, -0.2) is 25.0 Å². The summed E-state index contributed by atoms with van der Waals surface area (Å²) in [6.07, 6.45) is 5.45. The van der Waals surface area contributed by atoms with Crippen molar-refractivity contribution in [2.24, 2.45) is 17.6 Å². The zero-order valence-corrected chi connectivity index (χ0v) is 13.0. The van der Waals surface area contributed by atoms with Gasteiger partial charge < -0.3 is 15.1 Å². The fourth-order valence-electron chi connectivity index (χ4n) is 2.59. The molecule has 1 rings (SSSR count). The second-order valence-electron chi connectivity index (χ2n) is 5.96. The predicted octanol–water partition coefficient (Wildman–Crippen LogP) is 3.42. The van der Waals surface area contributed by atoms with E-state index in [0.29, 0.717) is 0 Å². The third kappa shape index (κ3) is 5.79. The van der Waals surface area contributed by atoms with Crippen LogP contribution in [0.5, 0.6) is 0 Å². The molecule has 1 heterocycles. The number of furan rings is 1. The lowest BCUT2D eigenvalue weighted by atomic mass is 9.88. The molecule has 2 N–H and O–H groups in total. The first-order valence-corrected chi connectivity index (χ1v) is 7.46. The second-order valence-corrected chi connectivity index (χ2v) is 5.96. The Morgan fingerprint density at radius 3 is 2.58 bits per heavy atom. The minimum atomic E-state index is 0.741. The number of nitrogens with two attached hydrogens (primary N) is 1. The molecule has 0 radical (unpaired) electrons. The van der Waals surface area contributed by atoms with Crippen molar-refractivity contribution in [1.29, 1.82) is 0 Å². The van der Waals surface area contributed by atoms with Crippen LogP contribution in [0.2, 0.25) is 0 Å². The van der Waals surface area contributed by atoms with Gasteiger partial charge in [0.25, 0.3) is 0 Å². The maximum Gasteiger partial charge on any atom is 0.105 e. The SMILES string of the molecule is Cc1occc1CN(C)CCCC(CCN)C(C)C. The topological polar surface area (TPSA) is 42.4 Å². The minimum absolute atomic E-state index is 0.741. The Kier molecular flexibility index (Phi) is 7.17. The average molecular weight is 266 g/mol. The van der Waals surface area contributed by atoms with Crippen LogP contribution in [0.15, 0.2) is 16.7 Å². The average Bonchev–Trinajstić information content (AvgIpc) is 2.73. The second kappa shape index (κ2) is 8.39. The van der Waals surface area contributed by atoms with E-state index in [9.17, 15) is 0 Å². The first kappa shape index (κ1) is 16.3. The fourth-order valence-corrected chi connectivity index (χ4v) is 2.59. The molecule has 0 bridgehead atoms. The van der Waals surface area contributed by atoms with Crippen LogP contribution in [0.1, 0.15) is 44.4 Å². The van der Waals surface area contributed by atoms with Gasteiger partial charge >= 0.3 is 0 Å². The molecule has 0 aliphatic heterocycles. The molecule has 1 atom stereocenters. The van der Waals surface area contributed by atoms with Gasteiger partial charge in [-0.3, -0.25) is 0 Å². The largest absolute Gasteiger partial charge is 0.469 e. The van der Waals surface area contributed by atoms with Crippen molar-refractivity contribution in [3.05, 3.63) is 23.7 Å². The van der Waals surface area contributed by atoms with Gasteiger partial charge in [0.1, 0.15) is 5.76 Å². The summed E-state index contributed by atoms with van der Waals surface area (Å²) < 4.78 is 5.33. The summed E-state index contributed by atoms with van der Waals surface area (Å²) in [6, 6.07) is 2.07. The Labute approximate surface area is 118 Å². The quantitative estimate of drug-likeness (QED) is 0.744. The lowest BCUT2D eigenvalue weighted by Crippen LogP contribution is -2.21. The van der Waals surface area contributed by atoms with E-state index in [4.69, 9.17) is 10.2 Å². The number of hydrogen-bond donors (Lipinski definition) is 1. The number of rotatable bonds is 9. The van der Waals surface area contributed by atoms with Gasteiger partial charge in [-0.05, 0) is 64.2 Å². The van der Waals surface area contributed by atoms with Crippen LogP contribution in [-0.2, 0) is 6.54 Å². The molecule has 0 amide bonds. The Morgan fingerprint density at radius 2 is 2.05 bits per heavy atom. The molecule has 0 aliphatic carbocycles. The standard InChI is InChI=1S/C16H30N2O/c1-13(2)15(7-9-17)6-5-10-18(4)12-16-8-11-19-14(16)3/h8,11,13,15H,5-7,9-10,12,17H2,1-4H3. The third-order valence-electron chi connectivity index (χ3n) is 4.00. The van der Waals surface area contributed by atoms with E-state index >= 15 is 0 Å². The molecule has 0 aliphatic rings. The summed E-state index contributed by atoms with van der Waals surface area (Å²) in [4.78, 5) is 2.37. The van der Waals surface area contributed by atoms with Crippen molar-refractivity contribution in [2.75, 3.05) is 20.1 Å². The molecule has 0 spiro atoms. The van der Waals surface area contributed by atoms with Crippen LogP contribution in [0.4, 0.5) is 0 Å². The fraction of sp³-hybridized carbons (Fsp3) is 0.750. The van der Waals surface area contributed by atoms with Crippen LogP contribution in [0.3, 0.4) is 0 Å². The van der Waals surface area contributed by atoms with Gasteiger partial charge in [0.15, 0.2) is 0 Å². The van der Waals surface area contributed by atoms with Gasteiger partial charge in [-0.15, -0.1) is 0 Å². The highest BCUT2D eigenvalue weighted by Gasteiger charge is 2.13. The Bertz CT molecular complexity index is 346. The smallest absolute Gasteiger partial charge is 0.105 e. The molecule has 0 aromatic carbocycles. The molecule has 3 heteroatoms. The summed E-state index contributed by atoms with van der Waals surface area (Å²) in [6.45, 7) is 9.56. The van der Waals surface area contributed by atoms with Crippen LogP contribution < -0.4 is 5.73 Å². The number of aryl methyl sites for hydroxylation is 1. The highest BCUT2D eigenvalue weighted by molar-refractivity contribution is 5.14. The van der Waals surface area contributed by atoms with Crippen molar-refractivity contribution < 1.29 is 4.42 Å². The van der Waals surface area contributed by atoms with E-state index in [-0.39, 0.29) is 0 Å². The molecular weight excluding hydrogens is 236 g/mol. The summed E-state index contributed by atoms with van der Waals surface area (Å²) in [5.41, 5.74) is 6.98. The molecule has 1 unspecified atom stereocenters. The van der Waals surface area contributed by atoms with E-state index in [0.717, 1.165) is 43.7 Å². The van der Waals surface area contributed by atoms with Gasteiger partial charge in [-0.1, -0.05) is 13.8 Å². The number of nitrogens with zero attached hydrogens (tertiary/aromatic N) is 1. The highest BCUT2D eigenvalue weighted by atomic mass is 16.3. The molecule has 110 valence electrons. The summed E-state index contributed by atoms with van der Waals surface area (Å²) in [5, 5.41) is 0. The lowest BCUT2D eigenvalue weighted by Gasteiger charge is -2.22. The van der Waals surface area contributed by atoms with E-state index in [1.54, 1.807) is 6.26 Å². The maximum atomic E-state index is 5.68. The van der Waals surface area contributed by atoms with Crippen molar-refractivity contribution in [3.8, 4) is 0 Å². The van der Waals surface area contributed by atoms with Crippen molar-refractivity contribution in [2.45, 2.75) is 46.6 Å². The van der Waals surface area contributed by atoms with Gasteiger partial charge in [-0.25, -0.2) is 0 Å². The van der Waals surface area contributed by atoms with Crippen LogP contribution in [0, 0.1) is 18.8 Å². The normalized spacial score (nSPS) is 13.4. The lowest BCUT2D eigenvalue weighted by molar-refractivity contribution is 0.277. The Morgan fingerprint density at radius 1 is 1.32 bits per heavy atom. The van der Waals surface area contributed by atoms with Crippen LogP contribution >= 0.6 is 0 Å². The first-order chi connectivity index (χ1) is 9.04. The molecule has 3 nitrogen and oxygen atoms in total. The Balaban J connectivity index is 2.26. The van der Waals surface area contributed by atoms with E-state index < -0.39 is 0 Å². The van der Waals surface area contributed by atoms with Gasteiger partial charge in [-0.2, -0.15) is 0 Å². The van der Waals surface area contributed by atoms with Gasteiger partial charge in [0.05, 0.1) is 6.26 Å². The molecule has 0 saturated carbocycles. The molecule has 0 fully saturated rings. The van der Waals surface area contributed by atoms with E-state index in [1.807, 2.05) is 6.92 Å². The minimum Gasteiger partial charge on any atom is -0.469 e. The van der Waals surface area contributed by atoms with Gasteiger partial charge in [0.2, 0.25) is 0 Å². The van der Waals surface area contributed by atoms with Gasteiger partial charge in [0, 0.05) is 12.1 Å². The first-order valence-electron chi connectivity index (χ1n) is 7.46. The van der Waals surface area contributed by atoms with Crippen molar-refractivity contribution in [3.63, 3.8) is 0 Å². The summed E-state index contributed by atoms with van der Waals surface area (Å²) in [5.74, 6) is 2.55. The molecule has 1 aromatic rings. The number of hydrogen-bond acceptors (Lipinski definition) is 3. The molecule has 19 heavy (non-hydrogen) atoms. The predicted molar refractivity (Wildman–Crippen MR) is 81.0 cm³/mol. The van der Waals surface area contributed by atoms with E-state index in [2.05, 4.69) is 31.9 Å². The van der Waals surface area contributed by atoms with Crippen LogP contribution in [0.25, 0.3) is 0 Å². The van der Waals surface area contributed by atoms with E-state index in [1.165, 1.54) is 18.4 Å². The molecule has 0 saturated heterocycles. The summed E-state index contributed by atoms with van der Waals surface area (Å²) in [7, 11) is 2.18. The summed E-state index contributed by atoms with van der Waals surface area (Å²) >= 11 is 0. The third-order valence-corrected chi connectivity index (χ3v) is 4.00. The molecule has 1 aromatic heterocycles. The highest BCUT2D eigenvalue weighted by Crippen LogP contribution is 2.20. The Hall–Kier alpha value is -0.800. The zero-order valence-electron chi connectivity index (χ0n) is 13.0. The monoisotopic (exact) mass is 266 g/mol.